The van der Waals surface area contributed by atoms with Crippen LogP contribution >= 0.6 is 0 Å². The molecule has 0 heterocycles. The van der Waals surface area contributed by atoms with Crippen LogP contribution < -0.4 is 10.1 Å². The Balaban J connectivity index is 2.27. The van der Waals surface area contributed by atoms with Gasteiger partial charge in [-0.15, -0.1) is 0 Å². The first-order valence-electron chi connectivity index (χ1n) is 6.48. The average molecular weight is 289 g/mol. The lowest BCUT2D eigenvalue weighted by molar-refractivity contribution is -0.0498. The van der Waals surface area contributed by atoms with E-state index in [1.807, 2.05) is 6.92 Å². The second-order valence-corrected chi connectivity index (χ2v) is 4.23. The van der Waals surface area contributed by atoms with Crippen molar-refractivity contribution in [3.63, 3.8) is 0 Å². The first-order chi connectivity index (χ1) is 9.63. The van der Waals surface area contributed by atoms with E-state index in [0.29, 0.717) is 26.4 Å². The lowest BCUT2D eigenvalue weighted by atomic mass is 10.1. The van der Waals surface area contributed by atoms with E-state index in [2.05, 4.69) is 10.1 Å². The molecule has 1 atom stereocenters. The molecule has 0 aliphatic carbocycles. The summed E-state index contributed by atoms with van der Waals surface area (Å²) < 4.78 is 38.5. The zero-order chi connectivity index (χ0) is 14.8. The number of rotatable bonds is 10. The first-order valence-corrected chi connectivity index (χ1v) is 6.48. The van der Waals surface area contributed by atoms with Gasteiger partial charge in [0, 0.05) is 19.7 Å². The van der Waals surface area contributed by atoms with Crippen molar-refractivity contribution in [1.29, 1.82) is 0 Å². The van der Waals surface area contributed by atoms with Crippen molar-refractivity contribution in [2.24, 2.45) is 0 Å². The Labute approximate surface area is 118 Å². The van der Waals surface area contributed by atoms with Crippen molar-refractivity contribution in [2.45, 2.75) is 19.6 Å². The maximum absolute atomic E-state index is 12.0. The van der Waals surface area contributed by atoms with Gasteiger partial charge in [0.25, 0.3) is 0 Å². The van der Waals surface area contributed by atoms with Crippen LogP contribution in [0, 0.1) is 0 Å². The maximum atomic E-state index is 12.0. The number of nitrogens with one attached hydrogen (secondary N) is 1. The van der Waals surface area contributed by atoms with E-state index in [9.17, 15) is 8.78 Å². The molecule has 0 saturated heterocycles. The third-order valence-electron chi connectivity index (χ3n) is 2.73. The highest BCUT2D eigenvalue weighted by molar-refractivity contribution is 5.28. The number of benzene rings is 1. The SMILES string of the molecule is COCCOCCNC(C)c1ccc(OC(F)F)cc1. The van der Waals surface area contributed by atoms with E-state index in [1.165, 1.54) is 12.1 Å². The highest BCUT2D eigenvalue weighted by Gasteiger charge is 2.07. The van der Waals surface area contributed by atoms with Crippen molar-refractivity contribution in [3.05, 3.63) is 29.8 Å². The third-order valence-corrected chi connectivity index (χ3v) is 2.73. The second kappa shape index (κ2) is 9.63. The van der Waals surface area contributed by atoms with Gasteiger partial charge in [-0.05, 0) is 24.6 Å². The van der Waals surface area contributed by atoms with Crippen LogP contribution in [0.1, 0.15) is 18.5 Å². The van der Waals surface area contributed by atoms with Crippen LogP contribution in [0.4, 0.5) is 8.78 Å². The minimum Gasteiger partial charge on any atom is -0.435 e. The van der Waals surface area contributed by atoms with Crippen molar-refractivity contribution < 1.29 is 23.0 Å². The number of halogens is 2. The summed E-state index contributed by atoms with van der Waals surface area (Å²) in [4.78, 5) is 0. The van der Waals surface area contributed by atoms with Gasteiger partial charge in [-0.1, -0.05) is 12.1 Å². The molecule has 1 unspecified atom stereocenters. The van der Waals surface area contributed by atoms with Gasteiger partial charge >= 0.3 is 6.61 Å². The molecule has 1 rings (SSSR count). The number of hydrogen-bond acceptors (Lipinski definition) is 4. The van der Waals surface area contributed by atoms with Crippen molar-refractivity contribution >= 4 is 0 Å². The minimum absolute atomic E-state index is 0.113. The molecule has 0 radical (unpaired) electrons. The van der Waals surface area contributed by atoms with E-state index >= 15 is 0 Å². The smallest absolute Gasteiger partial charge is 0.387 e. The molecule has 0 aromatic heterocycles. The summed E-state index contributed by atoms with van der Waals surface area (Å²) in [7, 11) is 1.63. The Hall–Kier alpha value is -1.24. The predicted molar refractivity (Wildman–Crippen MR) is 72.2 cm³/mol. The molecule has 0 spiro atoms. The molecule has 0 fully saturated rings. The first kappa shape index (κ1) is 16.8. The van der Waals surface area contributed by atoms with Crippen LogP contribution in [0.5, 0.6) is 5.75 Å². The normalized spacial score (nSPS) is 12.7. The predicted octanol–water partition coefficient (Wildman–Crippen LogP) is 2.60. The Kier molecular flexibility index (Phi) is 8.10. The molecule has 20 heavy (non-hydrogen) atoms. The van der Waals surface area contributed by atoms with E-state index in [-0.39, 0.29) is 11.8 Å². The number of hydrogen-bond donors (Lipinski definition) is 1. The molecule has 114 valence electrons. The van der Waals surface area contributed by atoms with Gasteiger partial charge in [0.1, 0.15) is 5.75 Å². The van der Waals surface area contributed by atoms with Gasteiger partial charge in [0.15, 0.2) is 0 Å². The van der Waals surface area contributed by atoms with Gasteiger partial charge in [-0.2, -0.15) is 8.78 Å². The van der Waals surface area contributed by atoms with Crippen LogP contribution in [-0.2, 0) is 9.47 Å². The van der Waals surface area contributed by atoms with E-state index in [1.54, 1.807) is 19.2 Å². The quantitative estimate of drug-likeness (QED) is 0.672. The largest absolute Gasteiger partial charge is 0.435 e. The number of ether oxygens (including phenoxy) is 3. The van der Waals surface area contributed by atoms with E-state index < -0.39 is 6.61 Å². The summed E-state index contributed by atoms with van der Waals surface area (Å²) in [5.41, 5.74) is 1.00. The van der Waals surface area contributed by atoms with Crippen molar-refractivity contribution in [1.82, 2.24) is 5.32 Å². The monoisotopic (exact) mass is 289 g/mol. The average Bonchev–Trinajstić information content (AvgIpc) is 2.42. The fraction of sp³-hybridized carbons (Fsp3) is 0.571. The van der Waals surface area contributed by atoms with Gasteiger partial charge < -0.3 is 19.5 Å². The van der Waals surface area contributed by atoms with Crippen molar-refractivity contribution in [3.8, 4) is 5.75 Å². The minimum atomic E-state index is -2.79. The topological polar surface area (TPSA) is 39.7 Å². The standard InChI is InChI=1S/C14H21F2NO3/c1-11(17-7-8-19-10-9-18-2)12-3-5-13(6-4-12)20-14(15)16/h3-6,11,14,17H,7-10H2,1-2H3. The Bertz CT molecular complexity index is 360. The summed E-state index contributed by atoms with van der Waals surface area (Å²) >= 11 is 0. The fourth-order valence-corrected chi connectivity index (χ4v) is 1.65. The van der Waals surface area contributed by atoms with Crippen LogP contribution in [0.3, 0.4) is 0 Å². The lowest BCUT2D eigenvalue weighted by Gasteiger charge is -2.15. The maximum Gasteiger partial charge on any atom is 0.387 e. The molecular weight excluding hydrogens is 268 g/mol. The molecule has 0 bridgehead atoms. The fourth-order valence-electron chi connectivity index (χ4n) is 1.65. The molecule has 1 N–H and O–H groups in total. The summed E-state index contributed by atoms with van der Waals surface area (Å²) in [6, 6.07) is 6.72. The highest BCUT2D eigenvalue weighted by atomic mass is 19.3. The molecule has 0 aliphatic heterocycles. The summed E-state index contributed by atoms with van der Waals surface area (Å²) in [6.07, 6.45) is 0. The van der Waals surface area contributed by atoms with Crippen LogP contribution in [-0.4, -0.2) is 40.1 Å². The Morgan fingerprint density at radius 3 is 2.40 bits per heavy atom. The zero-order valence-corrected chi connectivity index (χ0v) is 11.8. The molecule has 4 nitrogen and oxygen atoms in total. The molecule has 6 heteroatoms. The van der Waals surface area contributed by atoms with Gasteiger partial charge in [-0.25, -0.2) is 0 Å². The third kappa shape index (κ3) is 6.79. The molecule has 1 aromatic rings. The van der Waals surface area contributed by atoms with Crippen LogP contribution in [0.2, 0.25) is 0 Å². The Morgan fingerprint density at radius 2 is 1.80 bits per heavy atom. The van der Waals surface area contributed by atoms with E-state index in [0.717, 1.165) is 5.56 Å². The Morgan fingerprint density at radius 1 is 1.10 bits per heavy atom. The molecule has 0 amide bonds. The van der Waals surface area contributed by atoms with Gasteiger partial charge in [0.05, 0.1) is 19.8 Å². The van der Waals surface area contributed by atoms with Crippen LogP contribution in [0.25, 0.3) is 0 Å². The summed E-state index contributed by atoms with van der Waals surface area (Å²) in [5, 5.41) is 3.28. The van der Waals surface area contributed by atoms with Gasteiger partial charge in [-0.3, -0.25) is 0 Å². The highest BCUT2D eigenvalue weighted by Crippen LogP contribution is 2.18. The number of alkyl halides is 2. The summed E-state index contributed by atoms with van der Waals surface area (Å²) in [5.74, 6) is 0.166. The summed E-state index contributed by atoms with van der Waals surface area (Å²) in [6.45, 7) is 1.67. The van der Waals surface area contributed by atoms with Crippen LogP contribution in [0.15, 0.2) is 24.3 Å². The molecule has 0 aliphatic rings. The van der Waals surface area contributed by atoms with E-state index in [4.69, 9.17) is 9.47 Å². The molecule has 0 saturated carbocycles. The molecule has 1 aromatic carbocycles. The van der Waals surface area contributed by atoms with Crippen molar-refractivity contribution in [2.75, 3.05) is 33.5 Å². The number of methoxy groups -OCH3 is 1. The lowest BCUT2D eigenvalue weighted by Crippen LogP contribution is -2.23. The van der Waals surface area contributed by atoms with Gasteiger partial charge in [0.2, 0.25) is 0 Å². The molecular formula is C14H21F2NO3. The second-order valence-electron chi connectivity index (χ2n) is 4.23. The zero-order valence-electron chi connectivity index (χ0n) is 11.8.